The molecular formula is C19H26Cl3N5O3S. The van der Waals surface area contributed by atoms with Crippen LogP contribution in [0.4, 0.5) is 5.82 Å². The number of carbonyl (C=O) groups excluding carboxylic acids is 1. The molecule has 4 N–H and O–H groups in total. The zero-order valence-electron chi connectivity index (χ0n) is 16.7. The fraction of sp³-hybridized carbons (Fsp3) is 0.421. The van der Waals surface area contributed by atoms with Gasteiger partial charge < -0.3 is 15.5 Å². The molecule has 0 radical (unpaired) electrons. The third kappa shape index (κ3) is 5.92. The molecule has 0 bridgehead atoms. The zero-order valence-corrected chi connectivity index (χ0v) is 19.9. The monoisotopic (exact) mass is 509 g/mol. The van der Waals surface area contributed by atoms with Gasteiger partial charge in [-0.3, -0.25) is 13.9 Å². The smallest absolute Gasteiger partial charge is 0.239 e. The Bertz CT molecular complexity index is 911. The molecule has 3 heterocycles. The molecule has 12 heteroatoms. The lowest BCUT2D eigenvalue weighted by Gasteiger charge is -2.37. The Labute approximate surface area is 200 Å². The van der Waals surface area contributed by atoms with Crippen molar-refractivity contribution in [2.75, 3.05) is 31.1 Å². The second-order valence-corrected chi connectivity index (χ2v) is 10.1. The highest BCUT2D eigenvalue weighted by Gasteiger charge is 2.33. The summed E-state index contributed by atoms with van der Waals surface area (Å²) < 4.78 is 20.1. The minimum Gasteiger partial charge on any atom is -0.353 e. The van der Waals surface area contributed by atoms with E-state index in [-0.39, 0.29) is 42.2 Å². The summed E-state index contributed by atoms with van der Waals surface area (Å²) in [5.41, 5.74) is 8.65. The van der Waals surface area contributed by atoms with Gasteiger partial charge in [0.15, 0.2) is 0 Å². The van der Waals surface area contributed by atoms with Gasteiger partial charge in [0.2, 0.25) is 5.91 Å². The predicted octanol–water partition coefficient (Wildman–Crippen LogP) is 2.96. The first-order chi connectivity index (χ1) is 13.8. The van der Waals surface area contributed by atoms with Crippen LogP contribution >= 0.6 is 47.0 Å². The quantitative estimate of drug-likeness (QED) is 0.579. The molecule has 2 aromatic rings. The van der Waals surface area contributed by atoms with Gasteiger partial charge in [0.25, 0.3) is 0 Å². The average molecular weight is 511 g/mol. The van der Waals surface area contributed by atoms with Crippen LogP contribution in [0.2, 0.25) is 5.02 Å². The van der Waals surface area contributed by atoms with Gasteiger partial charge in [0.1, 0.15) is 12.1 Å². The highest BCUT2D eigenvalue weighted by molar-refractivity contribution is 8.23. The SMILES string of the molecule is Cl.Cl.N[C@H](Cc1ccc(Cl)cc1)C(=O)N1CCN(c2ncnc3c2CS(O)(O)C3)CC1. The van der Waals surface area contributed by atoms with E-state index >= 15 is 0 Å². The molecular weight excluding hydrogens is 485 g/mol. The zero-order chi connectivity index (χ0) is 20.6. The van der Waals surface area contributed by atoms with E-state index in [0.29, 0.717) is 43.3 Å². The number of carbonyl (C=O) groups is 1. The molecule has 1 aromatic heterocycles. The predicted molar refractivity (Wildman–Crippen MR) is 129 cm³/mol. The van der Waals surface area contributed by atoms with Gasteiger partial charge in [-0.2, -0.15) is 10.6 Å². The lowest BCUT2D eigenvalue weighted by atomic mass is 10.1. The van der Waals surface area contributed by atoms with Crippen molar-refractivity contribution in [3.8, 4) is 0 Å². The number of halogens is 3. The molecule has 1 aromatic carbocycles. The second-order valence-electron chi connectivity index (χ2n) is 7.46. The standard InChI is InChI=1S/C19H24ClN5O3S.2ClH/c20-14-3-1-13(2-4-14)9-16(21)19(26)25-7-5-24(6-8-25)18-15-10-29(27,28)11-17(15)22-12-23-18;;/h1-4,12,16,27-28H,5-11,21H2;2*1H/t16-;;/m1../s1. The molecule has 0 unspecified atom stereocenters. The number of amides is 1. The van der Waals surface area contributed by atoms with Crippen LogP contribution in [-0.2, 0) is 22.7 Å². The average Bonchev–Trinajstić information content (AvgIpc) is 3.03. The van der Waals surface area contributed by atoms with Crippen LogP contribution in [0.3, 0.4) is 0 Å². The molecule has 0 saturated carbocycles. The molecule has 1 amide bonds. The van der Waals surface area contributed by atoms with Gasteiger partial charge in [0, 0.05) is 36.8 Å². The van der Waals surface area contributed by atoms with Gasteiger partial charge in [-0.15, -0.1) is 24.8 Å². The first kappa shape index (κ1) is 25.9. The summed E-state index contributed by atoms with van der Waals surface area (Å²) >= 11 is 5.90. The number of rotatable bonds is 4. The summed E-state index contributed by atoms with van der Waals surface area (Å²) in [6.45, 7) is 2.31. The molecule has 1 fully saturated rings. The summed E-state index contributed by atoms with van der Waals surface area (Å²) in [5.74, 6) is 1.06. The van der Waals surface area contributed by atoms with E-state index in [1.165, 1.54) is 6.33 Å². The molecule has 1 saturated heterocycles. The molecule has 4 rings (SSSR count). The van der Waals surface area contributed by atoms with Crippen LogP contribution in [0, 0.1) is 0 Å². The molecule has 2 aliphatic heterocycles. The van der Waals surface area contributed by atoms with Crippen LogP contribution in [0.5, 0.6) is 0 Å². The first-order valence-corrected chi connectivity index (χ1v) is 11.7. The number of fused-ring (bicyclic) bond motifs is 1. The number of anilines is 1. The molecule has 2 aliphatic rings. The van der Waals surface area contributed by atoms with Gasteiger partial charge in [-0.05, 0) is 24.1 Å². The summed E-state index contributed by atoms with van der Waals surface area (Å²) in [7, 11) is -2.65. The highest BCUT2D eigenvalue weighted by Crippen LogP contribution is 2.53. The fourth-order valence-electron chi connectivity index (χ4n) is 3.82. The van der Waals surface area contributed by atoms with E-state index < -0.39 is 16.6 Å². The van der Waals surface area contributed by atoms with Crippen molar-refractivity contribution in [3.63, 3.8) is 0 Å². The number of nitrogens with zero attached hydrogens (tertiary/aromatic N) is 4. The Morgan fingerprint density at radius 3 is 2.39 bits per heavy atom. The number of hydrogen-bond donors (Lipinski definition) is 3. The van der Waals surface area contributed by atoms with Crippen LogP contribution in [0.1, 0.15) is 16.8 Å². The number of nitrogens with two attached hydrogens (primary N) is 1. The number of hydrogen-bond acceptors (Lipinski definition) is 7. The molecule has 1 atom stereocenters. The lowest BCUT2D eigenvalue weighted by Crippen LogP contribution is -2.54. The van der Waals surface area contributed by atoms with Crippen molar-refractivity contribution >= 4 is 58.7 Å². The Morgan fingerprint density at radius 1 is 1.10 bits per heavy atom. The summed E-state index contributed by atoms with van der Waals surface area (Å²) in [4.78, 5) is 25.2. The maximum absolute atomic E-state index is 12.8. The summed E-state index contributed by atoms with van der Waals surface area (Å²) in [6.07, 6.45) is 1.93. The molecule has 0 spiro atoms. The third-order valence-electron chi connectivity index (χ3n) is 5.33. The van der Waals surface area contributed by atoms with Crippen molar-refractivity contribution in [1.82, 2.24) is 14.9 Å². The normalized spacial score (nSPS) is 19.0. The Balaban J connectivity index is 0.00000171. The van der Waals surface area contributed by atoms with Crippen LogP contribution in [0.25, 0.3) is 0 Å². The number of benzene rings is 1. The van der Waals surface area contributed by atoms with Crippen molar-refractivity contribution in [3.05, 3.63) is 52.4 Å². The minimum absolute atomic E-state index is 0. The van der Waals surface area contributed by atoms with Gasteiger partial charge in [-0.25, -0.2) is 9.97 Å². The largest absolute Gasteiger partial charge is 0.353 e. The van der Waals surface area contributed by atoms with Gasteiger partial charge in [-0.1, -0.05) is 23.7 Å². The highest BCUT2D eigenvalue weighted by atomic mass is 35.5. The maximum atomic E-state index is 12.8. The van der Waals surface area contributed by atoms with Crippen LogP contribution < -0.4 is 10.6 Å². The van der Waals surface area contributed by atoms with E-state index in [4.69, 9.17) is 17.3 Å². The van der Waals surface area contributed by atoms with E-state index in [9.17, 15) is 13.9 Å². The van der Waals surface area contributed by atoms with Crippen molar-refractivity contribution < 1.29 is 13.9 Å². The third-order valence-corrected chi connectivity index (χ3v) is 7.07. The van der Waals surface area contributed by atoms with Crippen molar-refractivity contribution in [1.29, 1.82) is 0 Å². The fourth-order valence-corrected chi connectivity index (χ4v) is 5.49. The van der Waals surface area contributed by atoms with Gasteiger partial charge >= 0.3 is 0 Å². The molecule has 8 nitrogen and oxygen atoms in total. The Kier molecular flexibility index (Phi) is 8.80. The molecule has 31 heavy (non-hydrogen) atoms. The van der Waals surface area contributed by atoms with Crippen molar-refractivity contribution in [2.24, 2.45) is 5.73 Å². The van der Waals surface area contributed by atoms with E-state index in [0.717, 1.165) is 16.9 Å². The topological polar surface area (TPSA) is 116 Å². The molecule has 0 aliphatic carbocycles. The number of aromatic nitrogens is 2. The maximum Gasteiger partial charge on any atom is 0.239 e. The van der Waals surface area contributed by atoms with E-state index in [1.807, 2.05) is 12.1 Å². The number of piperazine rings is 1. The van der Waals surface area contributed by atoms with Crippen molar-refractivity contribution in [2.45, 2.75) is 24.0 Å². The Hall–Kier alpha value is -1.33. The van der Waals surface area contributed by atoms with Crippen LogP contribution in [0.15, 0.2) is 30.6 Å². The molecule has 172 valence electrons. The minimum atomic E-state index is -2.65. The van der Waals surface area contributed by atoms with Crippen LogP contribution in [-0.4, -0.2) is 62.1 Å². The summed E-state index contributed by atoms with van der Waals surface area (Å²) in [5, 5.41) is 0.655. The van der Waals surface area contributed by atoms with Gasteiger partial charge in [0.05, 0.1) is 23.2 Å². The summed E-state index contributed by atoms with van der Waals surface area (Å²) in [6, 6.07) is 6.75. The first-order valence-electron chi connectivity index (χ1n) is 9.42. The Morgan fingerprint density at radius 2 is 1.74 bits per heavy atom. The van der Waals surface area contributed by atoms with E-state index in [2.05, 4.69) is 14.9 Å². The second kappa shape index (κ2) is 10.5. The lowest BCUT2D eigenvalue weighted by molar-refractivity contribution is -0.132. The van der Waals surface area contributed by atoms with E-state index in [1.54, 1.807) is 17.0 Å².